The van der Waals surface area contributed by atoms with E-state index in [4.69, 9.17) is 9.16 Å². The van der Waals surface area contributed by atoms with Crippen molar-refractivity contribution < 1.29 is 29.3 Å². The number of carbonyl (C=O) groups is 1. The third kappa shape index (κ3) is 3.23. The Balaban J connectivity index is 3.26. The molecule has 0 aliphatic heterocycles. The summed E-state index contributed by atoms with van der Waals surface area (Å²) in [4.78, 5) is 12.2. The number of ether oxygens (including phenoxy) is 1. The van der Waals surface area contributed by atoms with Crippen LogP contribution in [0.3, 0.4) is 0 Å². The number of rotatable bonds is 3. The molecular formula is C15H30O6Si. The van der Waals surface area contributed by atoms with Crippen LogP contribution in [0.4, 0.5) is 0 Å². The van der Waals surface area contributed by atoms with E-state index in [9.17, 15) is 20.1 Å². The van der Waals surface area contributed by atoms with Gasteiger partial charge in [0.2, 0.25) is 0 Å². The zero-order valence-corrected chi connectivity index (χ0v) is 15.6. The van der Waals surface area contributed by atoms with Gasteiger partial charge >= 0.3 is 5.97 Å². The largest absolute Gasteiger partial charge is 0.467 e. The summed E-state index contributed by atoms with van der Waals surface area (Å²) in [5.41, 5.74) is -1.97. The van der Waals surface area contributed by atoms with Crippen molar-refractivity contribution in [1.29, 1.82) is 0 Å². The molecule has 22 heavy (non-hydrogen) atoms. The first kappa shape index (κ1) is 19.6. The van der Waals surface area contributed by atoms with Crippen molar-refractivity contribution >= 4 is 14.3 Å². The highest BCUT2D eigenvalue weighted by molar-refractivity contribution is 6.74. The summed E-state index contributed by atoms with van der Waals surface area (Å²) in [5.74, 6) is -1.43. The van der Waals surface area contributed by atoms with Crippen LogP contribution in [0.5, 0.6) is 0 Å². The standard InChI is InChI=1S/C15H30O6Si/c1-9-8-10(16)11(17)12(15(9,19)13(18)20-5)21-22(6,7)14(2,3)4/h9-12,16-17,19H,8H2,1-7H3/t9-,10+,11+,12-,15-/m1/s1. The summed E-state index contributed by atoms with van der Waals surface area (Å²) in [5, 5.41) is 31.1. The molecule has 0 radical (unpaired) electrons. The van der Waals surface area contributed by atoms with E-state index in [-0.39, 0.29) is 11.5 Å². The Morgan fingerprint density at radius 1 is 1.27 bits per heavy atom. The number of methoxy groups -OCH3 is 1. The number of aliphatic hydroxyl groups excluding tert-OH is 2. The molecule has 1 saturated carbocycles. The fourth-order valence-electron chi connectivity index (χ4n) is 2.56. The highest BCUT2D eigenvalue weighted by Gasteiger charge is 2.60. The van der Waals surface area contributed by atoms with E-state index < -0.39 is 44.1 Å². The molecule has 0 aromatic carbocycles. The Morgan fingerprint density at radius 3 is 2.18 bits per heavy atom. The molecule has 1 rings (SSSR count). The molecule has 0 heterocycles. The molecule has 7 heteroatoms. The second-order valence-corrected chi connectivity index (χ2v) is 12.6. The Kier molecular flexibility index (Phi) is 5.52. The van der Waals surface area contributed by atoms with Crippen LogP contribution >= 0.6 is 0 Å². The Morgan fingerprint density at radius 2 is 1.77 bits per heavy atom. The molecule has 1 aliphatic carbocycles. The van der Waals surface area contributed by atoms with Crippen LogP contribution in [0.15, 0.2) is 0 Å². The smallest absolute Gasteiger partial charge is 0.340 e. The van der Waals surface area contributed by atoms with E-state index in [1.165, 1.54) is 7.11 Å². The molecule has 3 N–H and O–H groups in total. The van der Waals surface area contributed by atoms with Gasteiger partial charge in [0.05, 0.1) is 13.2 Å². The number of esters is 1. The minimum Gasteiger partial charge on any atom is -0.467 e. The van der Waals surface area contributed by atoms with Crippen molar-refractivity contribution in [2.24, 2.45) is 5.92 Å². The molecule has 130 valence electrons. The van der Waals surface area contributed by atoms with Crippen LogP contribution in [0.1, 0.15) is 34.1 Å². The van der Waals surface area contributed by atoms with Gasteiger partial charge in [-0.05, 0) is 24.6 Å². The van der Waals surface area contributed by atoms with Crippen molar-refractivity contribution in [3.63, 3.8) is 0 Å². The molecule has 0 unspecified atom stereocenters. The second-order valence-electron chi connectivity index (χ2n) is 7.81. The second kappa shape index (κ2) is 6.20. The quantitative estimate of drug-likeness (QED) is 0.527. The summed E-state index contributed by atoms with van der Waals surface area (Å²) >= 11 is 0. The number of hydrogen-bond donors (Lipinski definition) is 3. The van der Waals surface area contributed by atoms with E-state index in [2.05, 4.69) is 0 Å². The number of carbonyl (C=O) groups excluding carboxylic acids is 1. The van der Waals surface area contributed by atoms with Crippen LogP contribution in [0, 0.1) is 5.92 Å². The highest BCUT2D eigenvalue weighted by Crippen LogP contribution is 2.43. The Labute approximate surface area is 133 Å². The normalized spacial score (nSPS) is 37.0. The minimum atomic E-state index is -2.38. The lowest BCUT2D eigenvalue weighted by Crippen LogP contribution is -2.68. The predicted octanol–water partition coefficient (Wildman–Crippen LogP) is 1.04. The predicted molar refractivity (Wildman–Crippen MR) is 84.8 cm³/mol. The lowest BCUT2D eigenvalue weighted by Gasteiger charge is -2.50. The van der Waals surface area contributed by atoms with Gasteiger partial charge in [-0.1, -0.05) is 27.7 Å². The lowest BCUT2D eigenvalue weighted by atomic mass is 9.71. The number of aliphatic hydroxyl groups is 3. The Bertz CT molecular complexity index is 419. The zero-order chi connectivity index (χ0) is 17.5. The third-order valence-electron chi connectivity index (χ3n) is 5.22. The minimum absolute atomic E-state index is 0.101. The maximum Gasteiger partial charge on any atom is 0.340 e. The van der Waals surface area contributed by atoms with Crippen molar-refractivity contribution in [2.75, 3.05) is 7.11 Å². The molecule has 1 fully saturated rings. The molecule has 0 bridgehead atoms. The Hall–Kier alpha value is -0.473. The molecular weight excluding hydrogens is 304 g/mol. The van der Waals surface area contributed by atoms with Gasteiger partial charge < -0.3 is 24.5 Å². The van der Waals surface area contributed by atoms with Gasteiger partial charge in [0, 0.05) is 5.92 Å². The van der Waals surface area contributed by atoms with E-state index in [0.29, 0.717) is 0 Å². The van der Waals surface area contributed by atoms with E-state index in [1.807, 2.05) is 33.9 Å². The van der Waals surface area contributed by atoms with Crippen LogP contribution in [0.25, 0.3) is 0 Å². The van der Waals surface area contributed by atoms with Gasteiger partial charge in [-0.25, -0.2) is 4.79 Å². The molecule has 0 spiro atoms. The van der Waals surface area contributed by atoms with Crippen LogP contribution in [-0.2, 0) is 14.0 Å². The SMILES string of the molecule is COC(=O)[C@@]1(O)[C@H](C)C[C@H](O)[C@H](O)[C@H]1O[Si](C)(C)C(C)(C)C. The van der Waals surface area contributed by atoms with Gasteiger partial charge in [-0.3, -0.25) is 0 Å². The van der Waals surface area contributed by atoms with Gasteiger partial charge in [-0.15, -0.1) is 0 Å². The first-order valence-electron chi connectivity index (χ1n) is 7.63. The maximum atomic E-state index is 12.2. The van der Waals surface area contributed by atoms with E-state index in [0.717, 1.165) is 0 Å². The van der Waals surface area contributed by atoms with Crippen molar-refractivity contribution in [2.45, 2.75) is 76.2 Å². The van der Waals surface area contributed by atoms with E-state index in [1.54, 1.807) is 6.92 Å². The van der Waals surface area contributed by atoms with Crippen LogP contribution < -0.4 is 0 Å². The molecule has 5 atom stereocenters. The summed E-state index contributed by atoms with van der Waals surface area (Å²) in [7, 11) is -1.19. The van der Waals surface area contributed by atoms with Crippen molar-refractivity contribution in [3.05, 3.63) is 0 Å². The van der Waals surface area contributed by atoms with Crippen molar-refractivity contribution in [1.82, 2.24) is 0 Å². The average Bonchev–Trinajstić information content (AvgIpc) is 2.39. The first-order chi connectivity index (χ1) is 9.79. The monoisotopic (exact) mass is 334 g/mol. The molecule has 0 saturated heterocycles. The maximum absolute atomic E-state index is 12.2. The highest BCUT2D eigenvalue weighted by atomic mass is 28.4. The third-order valence-corrected chi connectivity index (χ3v) is 9.68. The first-order valence-corrected chi connectivity index (χ1v) is 10.5. The van der Waals surface area contributed by atoms with Crippen LogP contribution in [-0.4, -0.2) is 60.6 Å². The van der Waals surface area contributed by atoms with Crippen molar-refractivity contribution in [3.8, 4) is 0 Å². The number of hydrogen-bond acceptors (Lipinski definition) is 6. The summed E-state index contributed by atoms with van der Waals surface area (Å²) in [6, 6.07) is 0. The molecule has 0 amide bonds. The topological polar surface area (TPSA) is 96.2 Å². The average molecular weight is 334 g/mol. The summed E-state index contributed by atoms with van der Waals surface area (Å²) in [6.07, 6.45) is -3.49. The van der Waals surface area contributed by atoms with Gasteiger partial charge in [-0.2, -0.15) is 0 Å². The fourth-order valence-corrected chi connectivity index (χ4v) is 3.87. The molecule has 0 aromatic rings. The van der Waals surface area contributed by atoms with Gasteiger partial charge in [0.15, 0.2) is 13.9 Å². The van der Waals surface area contributed by atoms with Crippen LogP contribution in [0.2, 0.25) is 18.1 Å². The lowest BCUT2D eigenvalue weighted by molar-refractivity contribution is -0.219. The van der Waals surface area contributed by atoms with Gasteiger partial charge in [0.1, 0.15) is 12.2 Å². The summed E-state index contributed by atoms with van der Waals surface area (Å²) in [6.45, 7) is 11.6. The fraction of sp³-hybridized carbons (Fsp3) is 0.933. The van der Waals surface area contributed by atoms with E-state index >= 15 is 0 Å². The molecule has 0 aromatic heterocycles. The summed E-state index contributed by atoms with van der Waals surface area (Å²) < 4.78 is 10.8. The van der Waals surface area contributed by atoms with Gasteiger partial charge in [0.25, 0.3) is 0 Å². The molecule has 6 nitrogen and oxygen atoms in total. The molecule has 1 aliphatic rings. The zero-order valence-electron chi connectivity index (χ0n) is 14.6.